The minimum absolute atomic E-state index is 0.752. The van der Waals surface area contributed by atoms with Crippen LogP contribution in [0.3, 0.4) is 0 Å². The molecule has 0 aromatic heterocycles. The van der Waals surface area contributed by atoms with Crippen molar-refractivity contribution in [3.05, 3.63) is 0 Å². The molecule has 0 aliphatic heterocycles. The fraction of sp³-hybridized carbons (Fsp3) is 0.750. The number of ether oxygens (including phenoxy) is 1. The number of carbonyl (C=O) groups is 1. The number of alkyl halides is 3. The zero-order chi connectivity index (χ0) is 10.7. The minimum atomic E-state index is -4.96. The third-order valence-corrected chi connectivity index (χ3v) is 1.93. The first-order valence-electron chi connectivity index (χ1n) is 2.81. The molecule has 0 heterocycles. The summed E-state index contributed by atoms with van der Waals surface area (Å²) < 4.78 is 52.1. The van der Waals surface area contributed by atoms with Gasteiger partial charge in [0.2, 0.25) is 0 Å². The van der Waals surface area contributed by atoms with E-state index in [1.165, 1.54) is 0 Å². The number of hydrogen-bond acceptors (Lipinski definition) is 4. The van der Waals surface area contributed by atoms with Gasteiger partial charge in [0.05, 0.1) is 7.11 Å². The van der Waals surface area contributed by atoms with E-state index in [-0.39, 0.29) is 0 Å². The second-order valence-electron chi connectivity index (χ2n) is 1.88. The van der Waals surface area contributed by atoms with Crippen LogP contribution in [0, 0.1) is 0 Å². The normalized spacial score (nSPS) is 16.4. The van der Waals surface area contributed by atoms with Crippen molar-refractivity contribution in [1.29, 1.82) is 0 Å². The molecule has 0 rings (SSSR count). The van der Waals surface area contributed by atoms with Crippen LogP contribution >= 0.6 is 7.60 Å². The van der Waals surface area contributed by atoms with E-state index in [9.17, 15) is 22.5 Å². The van der Waals surface area contributed by atoms with E-state index in [0.717, 1.165) is 7.11 Å². The lowest BCUT2D eigenvalue weighted by Gasteiger charge is -2.10. The first-order chi connectivity index (χ1) is 5.69. The Hall–Kier alpha value is -0.590. The van der Waals surface area contributed by atoms with Gasteiger partial charge in [-0.25, -0.2) is 9.36 Å². The molecule has 0 radical (unpaired) electrons. The molecule has 13 heavy (non-hydrogen) atoms. The second kappa shape index (κ2) is 4.08. The molecular weight excluding hydrogens is 216 g/mol. The maximum atomic E-state index is 11.4. The van der Waals surface area contributed by atoms with Gasteiger partial charge in [0.1, 0.15) is 0 Å². The van der Waals surface area contributed by atoms with Crippen molar-refractivity contribution < 1.29 is 36.7 Å². The molecule has 0 aliphatic rings. The van der Waals surface area contributed by atoms with Crippen LogP contribution in [0.25, 0.3) is 0 Å². The Kier molecular flexibility index (Phi) is 3.89. The lowest BCUT2D eigenvalue weighted by atomic mass is 10.7. The summed E-state index contributed by atoms with van der Waals surface area (Å²) in [5.74, 6) is 0. The van der Waals surface area contributed by atoms with Crippen molar-refractivity contribution in [3.63, 3.8) is 0 Å². The van der Waals surface area contributed by atoms with Crippen molar-refractivity contribution in [2.24, 2.45) is 0 Å². The summed E-state index contributed by atoms with van der Waals surface area (Å²) in [6.07, 6.45) is -4.77. The van der Waals surface area contributed by atoms with Crippen LogP contribution in [0.2, 0.25) is 0 Å². The van der Waals surface area contributed by atoms with Gasteiger partial charge in [-0.3, -0.25) is 4.52 Å². The first kappa shape index (κ1) is 12.4. The molecule has 1 N–H and O–H groups in total. The molecule has 5 nitrogen and oxygen atoms in total. The van der Waals surface area contributed by atoms with Gasteiger partial charge in [0, 0.05) is 0 Å². The number of hydrogen-bond donors (Lipinski definition) is 1. The number of rotatable bonds is 3. The summed E-state index contributed by atoms with van der Waals surface area (Å²) in [5.41, 5.74) is -1.73. The van der Waals surface area contributed by atoms with E-state index in [1.54, 1.807) is 0 Å². The zero-order valence-corrected chi connectivity index (χ0v) is 7.26. The molecule has 0 fully saturated rings. The molecular formula is C4H6F3O5P. The highest BCUT2D eigenvalue weighted by atomic mass is 31.2. The van der Waals surface area contributed by atoms with Crippen LogP contribution in [0.15, 0.2) is 0 Å². The van der Waals surface area contributed by atoms with Crippen molar-refractivity contribution in [2.45, 2.75) is 6.18 Å². The molecule has 1 atom stereocenters. The lowest BCUT2D eigenvalue weighted by molar-refractivity contribution is -0.154. The van der Waals surface area contributed by atoms with Crippen LogP contribution < -0.4 is 0 Å². The number of methoxy groups -OCH3 is 1. The van der Waals surface area contributed by atoms with Gasteiger partial charge < -0.3 is 9.63 Å². The summed E-state index contributed by atoms with van der Waals surface area (Å²) in [4.78, 5) is 18.8. The summed E-state index contributed by atoms with van der Waals surface area (Å²) in [6, 6.07) is 0. The molecule has 78 valence electrons. The Bertz CT molecular complexity index is 236. The minimum Gasteiger partial charge on any atom is -0.460 e. The molecule has 0 bridgehead atoms. The smallest absolute Gasteiger partial charge is 0.436 e. The highest BCUT2D eigenvalue weighted by Crippen LogP contribution is 2.44. The highest BCUT2D eigenvalue weighted by Gasteiger charge is 2.38. The molecule has 0 aromatic rings. The van der Waals surface area contributed by atoms with Crippen LogP contribution in [0.1, 0.15) is 0 Å². The van der Waals surface area contributed by atoms with Crippen LogP contribution in [-0.4, -0.2) is 30.5 Å². The highest BCUT2D eigenvalue weighted by molar-refractivity contribution is 7.70. The number of carbonyl (C=O) groups excluding carboxylic acids is 1. The fourth-order valence-electron chi connectivity index (χ4n) is 0.329. The average molecular weight is 222 g/mol. The van der Waals surface area contributed by atoms with Crippen molar-refractivity contribution in [3.8, 4) is 0 Å². The molecule has 9 heteroatoms. The molecule has 1 unspecified atom stereocenters. The molecule has 0 saturated carbocycles. The molecule has 0 aromatic carbocycles. The van der Waals surface area contributed by atoms with Crippen molar-refractivity contribution in [1.82, 2.24) is 0 Å². The van der Waals surface area contributed by atoms with Gasteiger partial charge in [0.15, 0.2) is 6.61 Å². The van der Waals surface area contributed by atoms with Gasteiger partial charge >= 0.3 is 19.5 Å². The average Bonchev–Trinajstić information content (AvgIpc) is 1.98. The predicted molar refractivity (Wildman–Crippen MR) is 34.2 cm³/mol. The van der Waals surface area contributed by atoms with E-state index in [0.29, 0.717) is 0 Å². The maximum Gasteiger partial charge on any atom is 0.436 e. The van der Waals surface area contributed by atoms with E-state index < -0.39 is 26.1 Å². The van der Waals surface area contributed by atoms with Gasteiger partial charge in [-0.1, -0.05) is 0 Å². The summed E-state index contributed by atoms with van der Waals surface area (Å²) in [6.45, 7) is -1.98. The van der Waals surface area contributed by atoms with Gasteiger partial charge in [0.25, 0.3) is 0 Å². The van der Waals surface area contributed by atoms with Gasteiger partial charge in [-0.15, -0.1) is 0 Å². The maximum absolute atomic E-state index is 11.4. The van der Waals surface area contributed by atoms with Crippen molar-refractivity contribution >= 4 is 13.3 Å². The monoisotopic (exact) mass is 222 g/mol. The number of halogens is 3. The third-order valence-electron chi connectivity index (χ3n) is 0.809. The largest absolute Gasteiger partial charge is 0.460 e. The Morgan fingerprint density at radius 1 is 1.54 bits per heavy atom. The topological polar surface area (TPSA) is 72.8 Å². The first-order valence-corrected chi connectivity index (χ1v) is 4.39. The van der Waals surface area contributed by atoms with Crippen LogP contribution in [0.4, 0.5) is 18.0 Å². The summed E-state index contributed by atoms with van der Waals surface area (Å²) >= 11 is 0. The zero-order valence-electron chi connectivity index (χ0n) is 6.37. The Balaban J connectivity index is 4.20. The molecule has 0 aliphatic carbocycles. The fourth-order valence-corrected chi connectivity index (χ4v) is 0.986. The van der Waals surface area contributed by atoms with Gasteiger partial charge in [-0.2, -0.15) is 13.2 Å². The quantitative estimate of drug-likeness (QED) is 0.732. The molecule has 0 spiro atoms. The second-order valence-corrected chi connectivity index (χ2v) is 3.54. The van der Waals surface area contributed by atoms with E-state index in [1.807, 2.05) is 0 Å². The summed E-state index contributed by atoms with van der Waals surface area (Å²) in [7, 11) is -4.21. The van der Waals surface area contributed by atoms with Crippen LogP contribution in [0.5, 0.6) is 0 Å². The Labute approximate surface area is 71.0 Å². The van der Waals surface area contributed by atoms with E-state index in [4.69, 9.17) is 4.89 Å². The molecule has 0 amide bonds. The Morgan fingerprint density at radius 2 is 2.00 bits per heavy atom. The van der Waals surface area contributed by atoms with E-state index >= 15 is 0 Å². The Morgan fingerprint density at radius 3 is 2.31 bits per heavy atom. The standard InChI is InChI=1S/C4H6F3O5P/c1-11-3(8)13(9,10)12-2-4(5,6)7/h2H2,1H3,(H,9,10). The van der Waals surface area contributed by atoms with Crippen molar-refractivity contribution in [2.75, 3.05) is 13.7 Å². The van der Waals surface area contributed by atoms with Crippen LogP contribution in [-0.2, 0) is 13.8 Å². The van der Waals surface area contributed by atoms with E-state index in [2.05, 4.69) is 9.26 Å². The third kappa shape index (κ3) is 4.87. The predicted octanol–water partition coefficient (Wildman–Crippen LogP) is 1.52. The molecule has 0 saturated heterocycles. The summed E-state index contributed by atoms with van der Waals surface area (Å²) in [5, 5.41) is 0. The van der Waals surface area contributed by atoms with Gasteiger partial charge in [-0.05, 0) is 0 Å². The SMILES string of the molecule is COC(=O)P(=O)(O)OCC(F)(F)F. The lowest BCUT2D eigenvalue weighted by Crippen LogP contribution is -2.17.